The van der Waals surface area contributed by atoms with Crippen molar-refractivity contribution in [1.82, 2.24) is 20.0 Å². The van der Waals surface area contributed by atoms with E-state index in [0.29, 0.717) is 19.3 Å². The van der Waals surface area contributed by atoms with Crippen LogP contribution in [0.1, 0.15) is 30.5 Å². The monoisotopic (exact) mass is 318 g/mol. The summed E-state index contributed by atoms with van der Waals surface area (Å²) >= 11 is 0. The van der Waals surface area contributed by atoms with E-state index in [1.54, 1.807) is 13.1 Å². The van der Waals surface area contributed by atoms with Crippen LogP contribution in [0.3, 0.4) is 0 Å². The minimum atomic E-state index is -0.348. The van der Waals surface area contributed by atoms with E-state index in [1.165, 1.54) is 4.68 Å². The Morgan fingerprint density at radius 2 is 1.96 bits per heavy atom. The fourth-order valence-electron chi connectivity index (χ4n) is 3.03. The zero-order valence-electron chi connectivity index (χ0n) is 12.9. The third-order valence-electron chi connectivity index (χ3n) is 4.28. The van der Waals surface area contributed by atoms with Gasteiger partial charge in [-0.15, -0.1) is 0 Å². The summed E-state index contributed by atoms with van der Waals surface area (Å²) in [4.78, 5) is 47.8. The highest BCUT2D eigenvalue weighted by Crippen LogP contribution is 2.18. The predicted octanol–water partition coefficient (Wildman–Crippen LogP) is -1.10. The SMILES string of the molecule is Cn1nc2c(cc1=O)CC(NC(=O)CN1C(=O)CCC1=O)CC2. The first kappa shape index (κ1) is 15.4. The van der Waals surface area contributed by atoms with Gasteiger partial charge in [0.25, 0.3) is 5.56 Å². The molecule has 8 nitrogen and oxygen atoms in total. The summed E-state index contributed by atoms with van der Waals surface area (Å²) in [6, 6.07) is 1.44. The maximum absolute atomic E-state index is 12.1. The number of aromatic nitrogens is 2. The van der Waals surface area contributed by atoms with Crippen LogP contribution >= 0.6 is 0 Å². The summed E-state index contributed by atoms with van der Waals surface area (Å²) in [6.45, 7) is -0.226. The molecule has 2 heterocycles. The van der Waals surface area contributed by atoms with Crippen molar-refractivity contribution in [3.05, 3.63) is 27.7 Å². The van der Waals surface area contributed by atoms with Gasteiger partial charge in [0.1, 0.15) is 6.54 Å². The number of amides is 3. The lowest BCUT2D eigenvalue weighted by molar-refractivity contribution is -0.142. The first-order valence-electron chi connectivity index (χ1n) is 7.62. The smallest absolute Gasteiger partial charge is 0.266 e. The summed E-state index contributed by atoms with van der Waals surface area (Å²) in [5.41, 5.74) is 1.55. The second kappa shape index (κ2) is 5.94. The zero-order chi connectivity index (χ0) is 16.6. The molecule has 0 radical (unpaired) electrons. The number of carbonyl (C=O) groups is 3. The van der Waals surface area contributed by atoms with Crippen LogP contribution in [0, 0.1) is 0 Å². The highest BCUT2D eigenvalue weighted by Gasteiger charge is 2.31. The van der Waals surface area contributed by atoms with Gasteiger partial charge in [-0.1, -0.05) is 0 Å². The van der Waals surface area contributed by atoms with Crippen LogP contribution in [0.5, 0.6) is 0 Å². The lowest BCUT2D eigenvalue weighted by atomic mass is 9.92. The van der Waals surface area contributed by atoms with Crippen LogP contribution in [-0.4, -0.2) is 45.0 Å². The van der Waals surface area contributed by atoms with Crippen LogP contribution in [0.2, 0.25) is 0 Å². The molecule has 122 valence electrons. The molecule has 1 aliphatic heterocycles. The van der Waals surface area contributed by atoms with Crippen molar-refractivity contribution >= 4 is 17.7 Å². The molecule has 8 heteroatoms. The van der Waals surface area contributed by atoms with Gasteiger partial charge in [0.15, 0.2) is 0 Å². The number of likely N-dealkylation sites (tertiary alicyclic amines) is 1. The number of imide groups is 1. The van der Waals surface area contributed by atoms with E-state index in [4.69, 9.17) is 0 Å². The van der Waals surface area contributed by atoms with Crippen LogP contribution in [0.15, 0.2) is 10.9 Å². The number of aryl methyl sites for hydroxylation is 2. The third-order valence-corrected chi connectivity index (χ3v) is 4.28. The number of hydrogen-bond donors (Lipinski definition) is 1. The maximum Gasteiger partial charge on any atom is 0.266 e. The van der Waals surface area contributed by atoms with Crippen molar-refractivity contribution in [2.75, 3.05) is 6.54 Å². The molecule has 1 aromatic rings. The van der Waals surface area contributed by atoms with Gasteiger partial charge in [0, 0.05) is 32.0 Å². The Morgan fingerprint density at radius 1 is 1.26 bits per heavy atom. The van der Waals surface area contributed by atoms with Crippen molar-refractivity contribution in [3.63, 3.8) is 0 Å². The molecule has 23 heavy (non-hydrogen) atoms. The van der Waals surface area contributed by atoms with Gasteiger partial charge in [-0.3, -0.25) is 24.1 Å². The van der Waals surface area contributed by atoms with Gasteiger partial charge in [-0.2, -0.15) is 5.10 Å². The van der Waals surface area contributed by atoms with Crippen molar-refractivity contribution in [3.8, 4) is 0 Å². The molecule has 0 aromatic carbocycles. The fourth-order valence-corrected chi connectivity index (χ4v) is 3.03. The Labute approximate surface area is 132 Å². The number of nitrogens with zero attached hydrogens (tertiary/aromatic N) is 3. The first-order chi connectivity index (χ1) is 10.9. The summed E-state index contributed by atoms with van der Waals surface area (Å²) in [6.07, 6.45) is 2.28. The molecule has 2 aliphatic rings. The highest BCUT2D eigenvalue weighted by molar-refractivity contribution is 6.04. The average molecular weight is 318 g/mol. The Balaban J connectivity index is 1.62. The number of nitrogens with one attached hydrogen (secondary N) is 1. The molecule has 0 bridgehead atoms. The fraction of sp³-hybridized carbons (Fsp3) is 0.533. The normalized spacial score (nSPS) is 20.6. The quantitative estimate of drug-likeness (QED) is 0.713. The molecule has 1 aromatic heterocycles. The van der Waals surface area contributed by atoms with Crippen LogP contribution in [-0.2, 0) is 34.3 Å². The number of fused-ring (bicyclic) bond motifs is 1. The number of carbonyl (C=O) groups excluding carboxylic acids is 3. The van der Waals surface area contributed by atoms with Crippen molar-refractivity contribution in [1.29, 1.82) is 0 Å². The van der Waals surface area contributed by atoms with Gasteiger partial charge < -0.3 is 5.32 Å². The van der Waals surface area contributed by atoms with E-state index >= 15 is 0 Å². The topological polar surface area (TPSA) is 101 Å². The van der Waals surface area contributed by atoms with Crippen molar-refractivity contribution in [2.45, 2.75) is 38.1 Å². The van der Waals surface area contributed by atoms with E-state index in [1.807, 2.05) is 0 Å². The van der Waals surface area contributed by atoms with E-state index in [0.717, 1.165) is 16.2 Å². The molecular weight excluding hydrogens is 300 g/mol. The molecule has 1 saturated heterocycles. The minimum absolute atomic E-state index is 0.114. The van der Waals surface area contributed by atoms with Gasteiger partial charge in [0.2, 0.25) is 17.7 Å². The Morgan fingerprint density at radius 3 is 2.65 bits per heavy atom. The largest absolute Gasteiger partial charge is 0.351 e. The summed E-state index contributed by atoms with van der Waals surface area (Å²) < 4.78 is 1.31. The second-order valence-corrected chi connectivity index (χ2v) is 5.96. The van der Waals surface area contributed by atoms with Crippen molar-refractivity contribution < 1.29 is 14.4 Å². The Kier molecular flexibility index (Phi) is 3.97. The van der Waals surface area contributed by atoms with Gasteiger partial charge in [0.05, 0.1) is 5.69 Å². The molecule has 1 fully saturated rings. The molecule has 0 spiro atoms. The Bertz CT molecular complexity index is 723. The molecule has 1 atom stereocenters. The van der Waals surface area contributed by atoms with E-state index in [9.17, 15) is 19.2 Å². The predicted molar refractivity (Wildman–Crippen MR) is 79.4 cm³/mol. The molecule has 3 rings (SSSR count). The lowest BCUT2D eigenvalue weighted by Gasteiger charge is -2.25. The standard InChI is InChI=1S/C15H18N4O4/c1-18-15(23)7-9-6-10(2-3-11(9)17-18)16-12(20)8-19-13(21)4-5-14(19)22/h7,10H,2-6,8H2,1H3,(H,16,20). The molecule has 0 saturated carbocycles. The number of rotatable bonds is 3. The number of hydrogen-bond acceptors (Lipinski definition) is 5. The van der Waals surface area contributed by atoms with E-state index in [-0.39, 0.29) is 48.7 Å². The van der Waals surface area contributed by atoms with Crippen LogP contribution in [0.4, 0.5) is 0 Å². The zero-order valence-corrected chi connectivity index (χ0v) is 12.9. The molecule has 1 aliphatic carbocycles. The average Bonchev–Trinajstić information content (AvgIpc) is 2.80. The third kappa shape index (κ3) is 3.15. The molecule has 3 amide bonds. The second-order valence-electron chi connectivity index (χ2n) is 5.96. The van der Waals surface area contributed by atoms with E-state index in [2.05, 4.69) is 10.4 Å². The Hall–Kier alpha value is -2.51. The van der Waals surface area contributed by atoms with Crippen molar-refractivity contribution in [2.24, 2.45) is 7.05 Å². The summed E-state index contributed by atoms with van der Waals surface area (Å²) in [5, 5.41) is 7.06. The highest BCUT2D eigenvalue weighted by atomic mass is 16.2. The molecule has 1 unspecified atom stereocenters. The van der Waals surface area contributed by atoms with E-state index < -0.39 is 0 Å². The lowest BCUT2D eigenvalue weighted by Crippen LogP contribution is -2.46. The maximum atomic E-state index is 12.1. The summed E-state index contributed by atoms with van der Waals surface area (Å²) in [7, 11) is 1.61. The van der Waals surface area contributed by atoms with Gasteiger partial charge in [-0.05, 0) is 24.8 Å². The van der Waals surface area contributed by atoms with Gasteiger partial charge in [-0.25, -0.2) is 4.68 Å². The first-order valence-corrected chi connectivity index (χ1v) is 7.62. The summed E-state index contributed by atoms with van der Waals surface area (Å²) in [5.74, 6) is -0.947. The molecule has 1 N–H and O–H groups in total. The van der Waals surface area contributed by atoms with Crippen LogP contribution in [0.25, 0.3) is 0 Å². The minimum Gasteiger partial charge on any atom is -0.351 e. The van der Waals surface area contributed by atoms with Crippen LogP contribution < -0.4 is 10.9 Å². The molecular formula is C15H18N4O4. The van der Waals surface area contributed by atoms with Gasteiger partial charge >= 0.3 is 0 Å².